The van der Waals surface area contributed by atoms with Gasteiger partial charge in [-0.25, -0.2) is 0 Å². The molecule has 1 atom stereocenters. The lowest BCUT2D eigenvalue weighted by Crippen LogP contribution is -2.38. The maximum absolute atomic E-state index is 11.4. The molecule has 0 aliphatic rings. The molecule has 0 amide bonds. The molecule has 0 aliphatic heterocycles. The molecule has 0 rings (SSSR count). The van der Waals surface area contributed by atoms with Crippen molar-refractivity contribution < 1.29 is 9.53 Å². The summed E-state index contributed by atoms with van der Waals surface area (Å²) in [6.07, 6.45) is 4.00. The van der Waals surface area contributed by atoms with Gasteiger partial charge in [0.2, 0.25) is 0 Å². The topological polar surface area (TPSA) is 38.3 Å². The summed E-state index contributed by atoms with van der Waals surface area (Å²) < 4.78 is 4.98. The van der Waals surface area contributed by atoms with Gasteiger partial charge in [0.1, 0.15) is 6.04 Å². The summed E-state index contributed by atoms with van der Waals surface area (Å²) in [5.41, 5.74) is 0. The van der Waals surface area contributed by atoms with E-state index in [4.69, 9.17) is 4.74 Å². The van der Waals surface area contributed by atoms with Crippen molar-refractivity contribution in [3.63, 3.8) is 0 Å². The quantitative estimate of drug-likeness (QED) is 0.498. The molecule has 0 bridgehead atoms. The summed E-state index contributed by atoms with van der Waals surface area (Å²) in [6, 6.07) is -0.118. The number of ether oxygens (including phenoxy) is 1. The van der Waals surface area contributed by atoms with E-state index in [1.165, 1.54) is 0 Å². The first-order chi connectivity index (χ1) is 6.76. The fourth-order valence-electron chi connectivity index (χ4n) is 1.22. The third kappa shape index (κ3) is 6.27. The van der Waals surface area contributed by atoms with Crippen LogP contribution in [0.3, 0.4) is 0 Å². The Morgan fingerprint density at radius 1 is 1.50 bits per heavy atom. The van der Waals surface area contributed by atoms with Crippen LogP contribution in [0.5, 0.6) is 0 Å². The van der Waals surface area contributed by atoms with Gasteiger partial charge in [-0.05, 0) is 38.3 Å². The van der Waals surface area contributed by atoms with Crippen LogP contribution >= 0.6 is 11.8 Å². The minimum atomic E-state index is -0.118. The van der Waals surface area contributed by atoms with Crippen LogP contribution in [0.1, 0.15) is 26.7 Å². The highest BCUT2D eigenvalue weighted by Crippen LogP contribution is 2.04. The number of likely N-dealkylation sites (N-methyl/N-ethyl adjacent to an activating group) is 1. The molecular formula is C10H21NO2S. The molecule has 1 N–H and O–H groups in total. The second kappa shape index (κ2) is 9.34. The zero-order valence-corrected chi connectivity index (χ0v) is 10.2. The van der Waals surface area contributed by atoms with Crippen molar-refractivity contribution >= 4 is 17.7 Å². The Kier molecular flexibility index (Phi) is 9.19. The Morgan fingerprint density at radius 2 is 2.21 bits per heavy atom. The van der Waals surface area contributed by atoms with Crippen molar-refractivity contribution in [2.45, 2.75) is 32.7 Å². The van der Waals surface area contributed by atoms with Crippen molar-refractivity contribution in [1.29, 1.82) is 0 Å². The first-order valence-electron chi connectivity index (χ1n) is 5.15. The lowest BCUT2D eigenvalue weighted by atomic mass is 10.1. The molecule has 14 heavy (non-hydrogen) atoms. The van der Waals surface area contributed by atoms with Gasteiger partial charge in [-0.3, -0.25) is 4.79 Å². The minimum absolute atomic E-state index is 0.115. The van der Waals surface area contributed by atoms with Gasteiger partial charge in [0, 0.05) is 0 Å². The molecular weight excluding hydrogens is 198 g/mol. The van der Waals surface area contributed by atoms with Crippen LogP contribution in [0.2, 0.25) is 0 Å². The van der Waals surface area contributed by atoms with Gasteiger partial charge in [0.05, 0.1) is 6.61 Å². The lowest BCUT2D eigenvalue weighted by Gasteiger charge is -2.15. The van der Waals surface area contributed by atoms with Gasteiger partial charge in [-0.1, -0.05) is 6.92 Å². The molecule has 0 saturated carbocycles. The van der Waals surface area contributed by atoms with E-state index in [2.05, 4.69) is 11.6 Å². The predicted octanol–water partition coefficient (Wildman–Crippen LogP) is 1.67. The highest BCUT2D eigenvalue weighted by atomic mass is 32.2. The fraction of sp³-hybridized carbons (Fsp3) is 0.900. The molecule has 0 aromatic carbocycles. The highest BCUT2D eigenvalue weighted by molar-refractivity contribution is 7.98. The first-order valence-corrected chi connectivity index (χ1v) is 6.54. The van der Waals surface area contributed by atoms with Crippen molar-refractivity contribution in [3.8, 4) is 0 Å². The average Bonchev–Trinajstić information content (AvgIpc) is 2.17. The van der Waals surface area contributed by atoms with E-state index in [0.717, 1.165) is 25.1 Å². The molecule has 0 aliphatic carbocycles. The zero-order chi connectivity index (χ0) is 10.8. The van der Waals surface area contributed by atoms with Crippen molar-refractivity contribution in [1.82, 2.24) is 5.32 Å². The largest absolute Gasteiger partial charge is 0.465 e. The average molecular weight is 219 g/mol. The Balaban J connectivity index is 3.81. The zero-order valence-electron chi connectivity index (χ0n) is 9.34. The highest BCUT2D eigenvalue weighted by Gasteiger charge is 2.17. The third-order valence-corrected chi connectivity index (χ3v) is 2.56. The molecule has 1 unspecified atom stereocenters. The van der Waals surface area contributed by atoms with E-state index in [9.17, 15) is 4.79 Å². The summed E-state index contributed by atoms with van der Waals surface area (Å²) in [6.45, 7) is 5.11. The minimum Gasteiger partial charge on any atom is -0.465 e. The van der Waals surface area contributed by atoms with E-state index in [1.807, 2.05) is 13.8 Å². The fourth-order valence-corrected chi connectivity index (χ4v) is 1.68. The summed E-state index contributed by atoms with van der Waals surface area (Å²) in [5, 5.41) is 3.14. The Hall–Kier alpha value is -0.220. The van der Waals surface area contributed by atoms with E-state index >= 15 is 0 Å². The number of carbonyl (C=O) groups is 1. The molecule has 0 aromatic rings. The molecule has 0 aromatic heterocycles. The van der Waals surface area contributed by atoms with Gasteiger partial charge >= 0.3 is 5.97 Å². The number of hydrogen-bond acceptors (Lipinski definition) is 4. The number of hydrogen-bond donors (Lipinski definition) is 1. The van der Waals surface area contributed by atoms with Crippen LogP contribution in [0.25, 0.3) is 0 Å². The lowest BCUT2D eigenvalue weighted by molar-refractivity contribution is -0.145. The van der Waals surface area contributed by atoms with Gasteiger partial charge < -0.3 is 10.1 Å². The third-order valence-electron chi connectivity index (χ3n) is 1.86. The molecule has 0 radical (unpaired) electrons. The van der Waals surface area contributed by atoms with E-state index in [0.29, 0.717) is 6.61 Å². The van der Waals surface area contributed by atoms with E-state index in [-0.39, 0.29) is 12.0 Å². The monoisotopic (exact) mass is 219 g/mol. The van der Waals surface area contributed by atoms with Crippen molar-refractivity contribution in [3.05, 3.63) is 0 Å². The second-order valence-electron chi connectivity index (χ2n) is 3.00. The molecule has 0 saturated heterocycles. The van der Waals surface area contributed by atoms with Crippen LogP contribution < -0.4 is 5.32 Å². The van der Waals surface area contributed by atoms with Gasteiger partial charge in [-0.15, -0.1) is 0 Å². The Bertz CT molecular complexity index is 153. The smallest absolute Gasteiger partial charge is 0.323 e. The Morgan fingerprint density at radius 3 is 2.71 bits per heavy atom. The van der Waals surface area contributed by atoms with Crippen molar-refractivity contribution in [2.75, 3.05) is 25.2 Å². The number of thioether (sulfide) groups is 1. The summed E-state index contributed by atoms with van der Waals surface area (Å²) in [7, 11) is 0. The summed E-state index contributed by atoms with van der Waals surface area (Å²) >= 11 is 1.81. The Labute approximate surface area is 91.0 Å². The first kappa shape index (κ1) is 13.8. The van der Waals surface area contributed by atoms with E-state index in [1.54, 1.807) is 11.8 Å². The van der Waals surface area contributed by atoms with Crippen LogP contribution in [-0.4, -0.2) is 37.2 Å². The second-order valence-corrected chi connectivity index (χ2v) is 3.98. The molecule has 3 nitrogen and oxygen atoms in total. The van der Waals surface area contributed by atoms with Gasteiger partial charge in [0.15, 0.2) is 0 Å². The maximum Gasteiger partial charge on any atom is 0.323 e. The van der Waals surface area contributed by atoms with Crippen LogP contribution in [-0.2, 0) is 9.53 Å². The number of carbonyl (C=O) groups excluding carboxylic acids is 1. The summed E-state index contributed by atoms with van der Waals surface area (Å²) in [4.78, 5) is 11.4. The number of esters is 1. The molecule has 0 fully saturated rings. The standard InChI is InChI=1S/C10H21NO2S/c1-4-11-9(7-6-8-14-3)10(12)13-5-2/h9,11H,4-8H2,1-3H3. The molecule has 0 heterocycles. The van der Waals surface area contributed by atoms with Crippen LogP contribution in [0.4, 0.5) is 0 Å². The van der Waals surface area contributed by atoms with Crippen LogP contribution in [0, 0.1) is 0 Å². The predicted molar refractivity (Wildman–Crippen MR) is 61.7 cm³/mol. The number of nitrogens with one attached hydrogen (secondary N) is 1. The SMILES string of the molecule is CCNC(CCCSC)C(=O)OCC. The van der Waals surface area contributed by atoms with E-state index < -0.39 is 0 Å². The molecule has 4 heteroatoms. The van der Waals surface area contributed by atoms with Crippen LogP contribution in [0.15, 0.2) is 0 Å². The van der Waals surface area contributed by atoms with Gasteiger partial charge in [0.25, 0.3) is 0 Å². The van der Waals surface area contributed by atoms with Crippen molar-refractivity contribution in [2.24, 2.45) is 0 Å². The maximum atomic E-state index is 11.4. The normalized spacial score (nSPS) is 12.5. The summed E-state index contributed by atoms with van der Waals surface area (Å²) in [5.74, 6) is 0.983. The molecule has 84 valence electrons. The molecule has 0 spiro atoms. The number of rotatable bonds is 8. The van der Waals surface area contributed by atoms with Gasteiger partial charge in [-0.2, -0.15) is 11.8 Å².